The van der Waals surface area contributed by atoms with Crippen LogP contribution in [0.3, 0.4) is 0 Å². The van der Waals surface area contributed by atoms with Crippen molar-refractivity contribution >= 4 is 17.5 Å². The average molecular weight is 269 g/mol. The van der Waals surface area contributed by atoms with Gasteiger partial charge in [0.15, 0.2) is 0 Å². The van der Waals surface area contributed by atoms with Crippen LogP contribution in [-0.4, -0.2) is 35.1 Å². The standard InChI is InChI=1S/C13H17ClN2O2/c14-12-6-9(13(15)18)3-4-10(12)7-16-5-1-2-11(16)8-17/h3-4,6,11,17H,1-2,5,7-8H2,(H2,15,18)/t11-/m0/s1. The van der Waals surface area contributed by atoms with Gasteiger partial charge in [-0.05, 0) is 37.1 Å². The van der Waals surface area contributed by atoms with Crippen molar-refractivity contribution in [2.75, 3.05) is 13.2 Å². The monoisotopic (exact) mass is 268 g/mol. The van der Waals surface area contributed by atoms with Crippen LogP contribution in [0.25, 0.3) is 0 Å². The highest BCUT2D eigenvalue weighted by Crippen LogP contribution is 2.24. The molecule has 0 aromatic heterocycles. The first-order valence-corrected chi connectivity index (χ1v) is 6.42. The Hall–Kier alpha value is -1.10. The lowest BCUT2D eigenvalue weighted by Crippen LogP contribution is -2.31. The minimum atomic E-state index is -0.474. The summed E-state index contributed by atoms with van der Waals surface area (Å²) in [5.41, 5.74) is 6.58. The zero-order valence-corrected chi connectivity index (χ0v) is 10.9. The third-order valence-electron chi connectivity index (χ3n) is 3.42. The van der Waals surface area contributed by atoms with Crippen molar-refractivity contribution in [2.45, 2.75) is 25.4 Å². The predicted molar refractivity (Wildman–Crippen MR) is 70.5 cm³/mol. The third-order valence-corrected chi connectivity index (χ3v) is 3.77. The normalized spacial score (nSPS) is 20.2. The lowest BCUT2D eigenvalue weighted by molar-refractivity contribution is 0.100. The molecule has 4 nitrogen and oxygen atoms in total. The first-order chi connectivity index (χ1) is 8.61. The summed E-state index contributed by atoms with van der Waals surface area (Å²) < 4.78 is 0. The fourth-order valence-electron chi connectivity index (χ4n) is 2.36. The van der Waals surface area contributed by atoms with Gasteiger partial charge in [-0.3, -0.25) is 9.69 Å². The molecule has 18 heavy (non-hydrogen) atoms. The van der Waals surface area contributed by atoms with Crippen LogP contribution in [-0.2, 0) is 6.54 Å². The summed E-state index contributed by atoms with van der Waals surface area (Å²) in [5, 5.41) is 9.82. The zero-order chi connectivity index (χ0) is 13.1. The second kappa shape index (κ2) is 5.69. The molecule has 0 saturated carbocycles. The van der Waals surface area contributed by atoms with Gasteiger partial charge in [-0.1, -0.05) is 17.7 Å². The molecule has 0 aliphatic carbocycles. The molecule has 98 valence electrons. The minimum Gasteiger partial charge on any atom is -0.395 e. The van der Waals surface area contributed by atoms with Crippen LogP contribution >= 0.6 is 11.6 Å². The Morgan fingerprint density at radius 1 is 1.56 bits per heavy atom. The Morgan fingerprint density at radius 3 is 2.94 bits per heavy atom. The van der Waals surface area contributed by atoms with Crippen LogP contribution in [0.2, 0.25) is 5.02 Å². The van der Waals surface area contributed by atoms with Crippen LogP contribution in [0.1, 0.15) is 28.8 Å². The Bertz CT molecular complexity index is 451. The lowest BCUT2D eigenvalue weighted by Gasteiger charge is -2.23. The van der Waals surface area contributed by atoms with Crippen molar-refractivity contribution in [3.8, 4) is 0 Å². The van der Waals surface area contributed by atoms with Crippen molar-refractivity contribution in [3.63, 3.8) is 0 Å². The number of rotatable bonds is 4. The number of carbonyl (C=O) groups is 1. The molecule has 5 heteroatoms. The third kappa shape index (κ3) is 2.83. The molecule has 1 aromatic rings. The maximum Gasteiger partial charge on any atom is 0.248 e. The number of halogens is 1. The number of aliphatic hydroxyl groups excluding tert-OH is 1. The van der Waals surface area contributed by atoms with Crippen LogP contribution in [0.5, 0.6) is 0 Å². The molecule has 1 fully saturated rings. The highest BCUT2D eigenvalue weighted by Gasteiger charge is 2.24. The van der Waals surface area contributed by atoms with Gasteiger partial charge in [-0.25, -0.2) is 0 Å². The zero-order valence-electron chi connectivity index (χ0n) is 10.1. The van der Waals surface area contributed by atoms with Gasteiger partial charge in [0, 0.05) is 23.2 Å². The van der Waals surface area contributed by atoms with E-state index in [4.69, 9.17) is 17.3 Å². The minimum absolute atomic E-state index is 0.178. The second-order valence-corrected chi connectivity index (χ2v) is 5.03. The van der Waals surface area contributed by atoms with Crippen molar-refractivity contribution < 1.29 is 9.90 Å². The van der Waals surface area contributed by atoms with Crippen LogP contribution in [0.4, 0.5) is 0 Å². The fourth-order valence-corrected chi connectivity index (χ4v) is 2.60. The van der Waals surface area contributed by atoms with Gasteiger partial charge in [0.1, 0.15) is 0 Å². The van der Waals surface area contributed by atoms with E-state index in [1.807, 2.05) is 6.07 Å². The van der Waals surface area contributed by atoms with Crippen LogP contribution in [0, 0.1) is 0 Å². The molecule has 1 saturated heterocycles. The molecular weight excluding hydrogens is 252 g/mol. The van der Waals surface area contributed by atoms with Crippen molar-refractivity contribution in [1.82, 2.24) is 4.90 Å². The summed E-state index contributed by atoms with van der Waals surface area (Å²) in [7, 11) is 0. The van der Waals surface area contributed by atoms with E-state index in [9.17, 15) is 9.90 Å². The number of carbonyl (C=O) groups excluding carboxylic acids is 1. The van der Waals surface area contributed by atoms with Crippen molar-refractivity contribution in [1.29, 1.82) is 0 Å². The van der Waals surface area contributed by atoms with Gasteiger partial charge in [-0.15, -0.1) is 0 Å². The number of nitrogens with two attached hydrogens (primary N) is 1. The molecule has 3 N–H and O–H groups in total. The molecule has 1 aromatic carbocycles. The van der Waals surface area contributed by atoms with Crippen molar-refractivity contribution in [2.24, 2.45) is 5.73 Å². The summed E-state index contributed by atoms with van der Waals surface area (Å²) >= 11 is 6.15. The van der Waals surface area contributed by atoms with E-state index in [1.165, 1.54) is 0 Å². The second-order valence-electron chi connectivity index (χ2n) is 4.62. The number of primary amides is 1. The molecule has 1 heterocycles. The fraction of sp³-hybridized carbons (Fsp3) is 0.462. The van der Waals surface area contributed by atoms with Gasteiger partial charge in [0.2, 0.25) is 5.91 Å². The molecule has 0 spiro atoms. The number of benzene rings is 1. The summed E-state index contributed by atoms with van der Waals surface area (Å²) in [5.74, 6) is -0.474. The predicted octanol–water partition coefficient (Wildman–Crippen LogP) is 1.40. The number of amides is 1. The SMILES string of the molecule is NC(=O)c1ccc(CN2CCC[C@H]2CO)c(Cl)c1. The molecule has 0 radical (unpaired) electrons. The molecule has 1 amide bonds. The Kier molecular flexibility index (Phi) is 4.22. The molecule has 1 aliphatic rings. The topological polar surface area (TPSA) is 66.6 Å². The molecule has 1 aliphatic heterocycles. The highest BCUT2D eigenvalue weighted by molar-refractivity contribution is 6.31. The maximum absolute atomic E-state index is 11.0. The molecule has 2 rings (SSSR count). The summed E-state index contributed by atoms with van der Waals surface area (Å²) in [4.78, 5) is 13.2. The molecule has 1 atom stereocenters. The van der Waals surface area contributed by atoms with Gasteiger partial charge < -0.3 is 10.8 Å². The van der Waals surface area contributed by atoms with Crippen LogP contribution < -0.4 is 5.73 Å². The summed E-state index contributed by atoms with van der Waals surface area (Å²) in [6.07, 6.45) is 2.12. The van der Waals surface area contributed by atoms with Gasteiger partial charge in [-0.2, -0.15) is 0 Å². The maximum atomic E-state index is 11.0. The van der Waals surface area contributed by atoms with E-state index in [0.717, 1.165) is 24.9 Å². The van der Waals surface area contributed by atoms with E-state index in [2.05, 4.69) is 4.90 Å². The van der Waals surface area contributed by atoms with E-state index >= 15 is 0 Å². The van der Waals surface area contributed by atoms with E-state index in [0.29, 0.717) is 17.1 Å². The number of nitrogens with zero attached hydrogens (tertiary/aromatic N) is 1. The molecular formula is C13H17ClN2O2. The summed E-state index contributed by atoms with van der Waals surface area (Å²) in [6, 6.07) is 5.34. The van der Waals surface area contributed by atoms with E-state index in [-0.39, 0.29) is 12.6 Å². The number of hydrogen-bond donors (Lipinski definition) is 2. The quantitative estimate of drug-likeness (QED) is 0.867. The number of aliphatic hydroxyl groups is 1. The van der Waals surface area contributed by atoms with Gasteiger partial charge in [0.05, 0.1) is 6.61 Å². The van der Waals surface area contributed by atoms with E-state index < -0.39 is 5.91 Å². The van der Waals surface area contributed by atoms with Crippen molar-refractivity contribution in [3.05, 3.63) is 34.3 Å². The largest absolute Gasteiger partial charge is 0.395 e. The Morgan fingerprint density at radius 2 is 2.33 bits per heavy atom. The first kappa shape index (κ1) is 13.3. The first-order valence-electron chi connectivity index (χ1n) is 6.05. The Balaban J connectivity index is 2.12. The number of likely N-dealkylation sites (tertiary alicyclic amines) is 1. The smallest absolute Gasteiger partial charge is 0.248 e. The number of hydrogen-bond acceptors (Lipinski definition) is 3. The average Bonchev–Trinajstić information content (AvgIpc) is 2.78. The molecule has 0 bridgehead atoms. The highest BCUT2D eigenvalue weighted by atomic mass is 35.5. The van der Waals surface area contributed by atoms with Crippen LogP contribution in [0.15, 0.2) is 18.2 Å². The Labute approximate surface area is 111 Å². The van der Waals surface area contributed by atoms with E-state index in [1.54, 1.807) is 12.1 Å². The van der Waals surface area contributed by atoms with Gasteiger partial charge >= 0.3 is 0 Å². The summed E-state index contributed by atoms with van der Waals surface area (Å²) in [6.45, 7) is 1.85. The lowest BCUT2D eigenvalue weighted by atomic mass is 10.1. The van der Waals surface area contributed by atoms with Gasteiger partial charge in [0.25, 0.3) is 0 Å². The molecule has 0 unspecified atom stereocenters.